The van der Waals surface area contributed by atoms with Gasteiger partial charge in [-0.05, 0) is 37.2 Å². The van der Waals surface area contributed by atoms with Crippen LogP contribution in [0.2, 0.25) is 0 Å². The number of thiazole rings is 1. The molecule has 0 bridgehead atoms. The zero-order chi connectivity index (χ0) is 14.5. The fraction of sp³-hybridized carbons (Fsp3) is 0.471. The Morgan fingerprint density at radius 3 is 2.62 bits per heavy atom. The van der Waals surface area contributed by atoms with Crippen LogP contribution in [0.5, 0.6) is 0 Å². The molecule has 0 spiro atoms. The predicted molar refractivity (Wildman–Crippen MR) is 87.2 cm³/mol. The number of benzene rings is 1. The van der Waals surface area contributed by atoms with Gasteiger partial charge in [-0.3, -0.25) is 0 Å². The van der Waals surface area contributed by atoms with E-state index in [2.05, 4.69) is 34.6 Å². The van der Waals surface area contributed by atoms with E-state index in [9.17, 15) is 0 Å². The molecule has 1 aliphatic rings. The van der Waals surface area contributed by atoms with Crippen molar-refractivity contribution in [3.63, 3.8) is 0 Å². The van der Waals surface area contributed by atoms with Gasteiger partial charge in [-0.15, -0.1) is 11.3 Å². The van der Waals surface area contributed by atoms with Gasteiger partial charge in [0.05, 0.1) is 4.88 Å². The summed E-state index contributed by atoms with van der Waals surface area (Å²) in [7, 11) is 0. The molecule has 0 unspecified atom stereocenters. The van der Waals surface area contributed by atoms with E-state index in [1.165, 1.54) is 23.3 Å². The highest BCUT2D eigenvalue weighted by atomic mass is 32.1. The van der Waals surface area contributed by atoms with Gasteiger partial charge in [0.2, 0.25) is 0 Å². The molecule has 3 nitrogen and oxygen atoms in total. The SMILES string of the molecule is OCC1CCC(NCc2ncc(-c3ccccc3)s2)CC1. The molecule has 4 heteroatoms. The minimum Gasteiger partial charge on any atom is -0.396 e. The molecule has 0 saturated heterocycles. The summed E-state index contributed by atoms with van der Waals surface area (Å²) in [6, 6.07) is 11.0. The van der Waals surface area contributed by atoms with Crippen LogP contribution in [0.4, 0.5) is 0 Å². The Morgan fingerprint density at radius 2 is 1.90 bits per heavy atom. The largest absolute Gasteiger partial charge is 0.396 e. The van der Waals surface area contributed by atoms with Gasteiger partial charge < -0.3 is 10.4 Å². The minimum absolute atomic E-state index is 0.347. The molecule has 3 rings (SSSR count). The summed E-state index contributed by atoms with van der Waals surface area (Å²) in [5.41, 5.74) is 1.24. The third-order valence-electron chi connectivity index (χ3n) is 4.26. The molecular weight excluding hydrogens is 280 g/mol. The average molecular weight is 302 g/mol. The highest BCUT2D eigenvalue weighted by Crippen LogP contribution is 2.27. The molecule has 1 heterocycles. The van der Waals surface area contributed by atoms with Crippen molar-refractivity contribution >= 4 is 11.3 Å². The molecule has 1 aromatic carbocycles. The number of nitrogens with one attached hydrogen (secondary N) is 1. The van der Waals surface area contributed by atoms with Crippen LogP contribution in [0, 0.1) is 5.92 Å². The second kappa shape index (κ2) is 7.16. The molecule has 0 amide bonds. The lowest BCUT2D eigenvalue weighted by Crippen LogP contribution is -2.33. The molecule has 1 aromatic heterocycles. The molecule has 112 valence electrons. The van der Waals surface area contributed by atoms with Crippen molar-refractivity contribution in [3.8, 4) is 10.4 Å². The summed E-state index contributed by atoms with van der Waals surface area (Å²) in [5.74, 6) is 0.521. The highest BCUT2D eigenvalue weighted by Gasteiger charge is 2.20. The second-order valence-corrected chi connectivity index (χ2v) is 6.88. The molecule has 2 aromatic rings. The maximum atomic E-state index is 9.17. The Hall–Kier alpha value is -1.23. The van der Waals surface area contributed by atoms with E-state index in [0.29, 0.717) is 18.6 Å². The normalized spacial score (nSPS) is 22.3. The molecule has 1 fully saturated rings. The van der Waals surface area contributed by atoms with E-state index in [4.69, 9.17) is 5.11 Å². The quantitative estimate of drug-likeness (QED) is 0.889. The first-order valence-corrected chi connectivity index (χ1v) is 8.51. The van der Waals surface area contributed by atoms with Crippen LogP contribution in [0.15, 0.2) is 36.5 Å². The van der Waals surface area contributed by atoms with Crippen molar-refractivity contribution in [2.45, 2.75) is 38.3 Å². The number of hydrogen-bond acceptors (Lipinski definition) is 4. The van der Waals surface area contributed by atoms with Crippen molar-refractivity contribution in [2.75, 3.05) is 6.61 Å². The van der Waals surface area contributed by atoms with Crippen molar-refractivity contribution in [1.82, 2.24) is 10.3 Å². The molecule has 2 N–H and O–H groups in total. The number of aliphatic hydroxyl groups excluding tert-OH is 1. The fourth-order valence-electron chi connectivity index (χ4n) is 2.91. The topological polar surface area (TPSA) is 45.1 Å². The number of nitrogens with zero attached hydrogens (tertiary/aromatic N) is 1. The van der Waals surface area contributed by atoms with Crippen LogP contribution in [-0.2, 0) is 6.54 Å². The molecule has 0 aliphatic heterocycles. The first-order chi connectivity index (χ1) is 10.3. The van der Waals surface area contributed by atoms with Crippen LogP contribution >= 0.6 is 11.3 Å². The molecule has 21 heavy (non-hydrogen) atoms. The van der Waals surface area contributed by atoms with Gasteiger partial charge >= 0.3 is 0 Å². The van der Waals surface area contributed by atoms with Crippen molar-refractivity contribution < 1.29 is 5.11 Å². The zero-order valence-electron chi connectivity index (χ0n) is 12.2. The van der Waals surface area contributed by atoms with E-state index in [0.717, 1.165) is 24.4 Å². The number of aliphatic hydroxyl groups is 1. The summed E-state index contributed by atoms with van der Waals surface area (Å²) in [5, 5.41) is 13.9. The van der Waals surface area contributed by atoms with Gasteiger partial charge in [0.1, 0.15) is 5.01 Å². The maximum absolute atomic E-state index is 9.17. The van der Waals surface area contributed by atoms with Crippen molar-refractivity contribution in [1.29, 1.82) is 0 Å². The van der Waals surface area contributed by atoms with Crippen LogP contribution in [0.25, 0.3) is 10.4 Å². The molecule has 1 aliphatic carbocycles. The smallest absolute Gasteiger partial charge is 0.107 e. The molecule has 1 saturated carbocycles. The van der Waals surface area contributed by atoms with Crippen molar-refractivity contribution in [2.24, 2.45) is 5.92 Å². The van der Waals surface area contributed by atoms with E-state index in [-0.39, 0.29) is 0 Å². The summed E-state index contributed by atoms with van der Waals surface area (Å²) in [4.78, 5) is 5.76. The van der Waals surface area contributed by atoms with E-state index in [1.807, 2.05) is 12.3 Å². The number of hydrogen-bond donors (Lipinski definition) is 2. The number of rotatable bonds is 5. The third-order valence-corrected chi connectivity index (χ3v) is 5.31. The van der Waals surface area contributed by atoms with Gasteiger partial charge in [-0.1, -0.05) is 30.3 Å². The lowest BCUT2D eigenvalue weighted by Gasteiger charge is -2.27. The monoisotopic (exact) mass is 302 g/mol. The first-order valence-electron chi connectivity index (χ1n) is 7.69. The molecule has 0 atom stereocenters. The van der Waals surface area contributed by atoms with E-state index >= 15 is 0 Å². The zero-order valence-corrected chi connectivity index (χ0v) is 13.0. The Labute approximate surface area is 130 Å². The summed E-state index contributed by atoms with van der Waals surface area (Å²) in [6.07, 6.45) is 6.59. The van der Waals surface area contributed by atoms with Crippen molar-refractivity contribution in [3.05, 3.63) is 41.5 Å². The van der Waals surface area contributed by atoms with E-state index in [1.54, 1.807) is 11.3 Å². The van der Waals surface area contributed by atoms with Crippen LogP contribution < -0.4 is 5.32 Å². The predicted octanol–water partition coefficient (Wildman–Crippen LogP) is 3.45. The maximum Gasteiger partial charge on any atom is 0.107 e. The Kier molecular flexibility index (Phi) is 5.01. The van der Waals surface area contributed by atoms with Gasteiger partial charge in [-0.2, -0.15) is 0 Å². The average Bonchev–Trinajstić information content (AvgIpc) is 3.03. The fourth-order valence-corrected chi connectivity index (χ4v) is 3.78. The summed E-state index contributed by atoms with van der Waals surface area (Å²) in [6.45, 7) is 1.20. The Balaban J connectivity index is 1.52. The Bertz CT molecular complexity index is 547. The standard InChI is InChI=1S/C17H22N2OS/c20-12-13-6-8-15(9-7-13)18-11-17-19-10-16(21-17)14-4-2-1-3-5-14/h1-5,10,13,15,18,20H,6-9,11-12H2. The minimum atomic E-state index is 0.347. The van der Waals surface area contributed by atoms with Gasteiger partial charge in [0.25, 0.3) is 0 Å². The van der Waals surface area contributed by atoms with Gasteiger partial charge in [0.15, 0.2) is 0 Å². The van der Waals surface area contributed by atoms with Crippen LogP contribution in [-0.4, -0.2) is 22.7 Å². The third kappa shape index (κ3) is 3.90. The summed E-state index contributed by atoms with van der Waals surface area (Å²) < 4.78 is 0. The van der Waals surface area contributed by atoms with Gasteiger partial charge in [0, 0.05) is 25.4 Å². The number of aromatic nitrogens is 1. The summed E-state index contributed by atoms with van der Waals surface area (Å²) >= 11 is 1.77. The van der Waals surface area contributed by atoms with Gasteiger partial charge in [-0.25, -0.2) is 4.98 Å². The van der Waals surface area contributed by atoms with E-state index < -0.39 is 0 Å². The molecular formula is C17H22N2OS. The Morgan fingerprint density at radius 1 is 1.14 bits per heavy atom. The van der Waals surface area contributed by atoms with Crippen LogP contribution in [0.3, 0.4) is 0 Å². The lowest BCUT2D eigenvalue weighted by molar-refractivity contribution is 0.175. The van der Waals surface area contributed by atoms with Crippen LogP contribution in [0.1, 0.15) is 30.7 Å². The lowest BCUT2D eigenvalue weighted by atomic mass is 9.86. The first kappa shape index (κ1) is 14.7. The second-order valence-electron chi connectivity index (χ2n) is 5.77. The highest BCUT2D eigenvalue weighted by molar-refractivity contribution is 7.15. The molecule has 0 radical (unpaired) electrons.